The molecule has 0 spiro atoms. The SMILES string of the molecule is Cc1ccc(S(=O)(=O)N(CC(=O)N(Cc2ccccc2C)C(C)C(=O)NC2CCCC2)c2cccc(C)c2)cc1. The number of hydrogen-bond acceptors (Lipinski definition) is 4. The molecule has 1 aliphatic carbocycles. The van der Waals surface area contributed by atoms with Gasteiger partial charge in [0.15, 0.2) is 0 Å². The highest BCUT2D eigenvalue weighted by Crippen LogP contribution is 2.26. The average Bonchev–Trinajstić information content (AvgIpc) is 3.44. The Morgan fingerprint density at radius 1 is 0.900 bits per heavy atom. The van der Waals surface area contributed by atoms with Crippen LogP contribution in [0, 0.1) is 20.8 Å². The zero-order chi connectivity index (χ0) is 28.9. The molecule has 0 aromatic heterocycles. The first-order chi connectivity index (χ1) is 19.1. The first-order valence-electron chi connectivity index (χ1n) is 13.9. The van der Waals surface area contributed by atoms with E-state index in [2.05, 4.69) is 5.32 Å². The molecule has 0 saturated heterocycles. The van der Waals surface area contributed by atoms with Gasteiger partial charge in [0.2, 0.25) is 11.8 Å². The molecule has 7 nitrogen and oxygen atoms in total. The molecule has 1 fully saturated rings. The molecule has 4 rings (SSSR count). The van der Waals surface area contributed by atoms with Crippen molar-refractivity contribution in [2.45, 2.75) is 76.9 Å². The lowest BCUT2D eigenvalue weighted by atomic mass is 10.1. The second kappa shape index (κ2) is 12.7. The van der Waals surface area contributed by atoms with Crippen molar-refractivity contribution in [3.8, 4) is 0 Å². The molecule has 1 unspecified atom stereocenters. The number of carbonyl (C=O) groups excluding carboxylic acids is 2. The summed E-state index contributed by atoms with van der Waals surface area (Å²) in [5, 5.41) is 3.10. The van der Waals surface area contributed by atoms with E-state index in [0.29, 0.717) is 5.69 Å². The maximum absolute atomic E-state index is 14.1. The van der Waals surface area contributed by atoms with E-state index >= 15 is 0 Å². The van der Waals surface area contributed by atoms with Crippen LogP contribution in [0.2, 0.25) is 0 Å². The normalized spacial score (nSPS) is 14.5. The monoisotopic (exact) mass is 561 g/mol. The molecule has 1 saturated carbocycles. The van der Waals surface area contributed by atoms with Gasteiger partial charge in [0.1, 0.15) is 12.6 Å². The minimum Gasteiger partial charge on any atom is -0.352 e. The highest BCUT2D eigenvalue weighted by Gasteiger charge is 2.33. The number of anilines is 1. The number of nitrogens with one attached hydrogen (secondary N) is 1. The van der Waals surface area contributed by atoms with Gasteiger partial charge in [0.25, 0.3) is 10.0 Å². The van der Waals surface area contributed by atoms with E-state index < -0.39 is 28.5 Å². The minimum absolute atomic E-state index is 0.102. The number of aryl methyl sites for hydroxylation is 3. The number of sulfonamides is 1. The Morgan fingerprint density at radius 2 is 1.57 bits per heavy atom. The molecule has 0 bridgehead atoms. The second-order valence-corrected chi connectivity index (χ2v) is 12.6. The molecule has 40 heavy (non-hydrogen) atoms. The Kier molecular flexibility index (Phi) is 9.30. The lowest BCUT2D eigenvalue weighted by Gasteiger charge is -2.33. The van der Waals surface area contributed by atoms with Gasteiger partial charge in [-0.3, -0.25) is 13.9 Å². The molecule has 212 valence electrons. The number of hydrogen-bond donors (Lipinski definition) is 1. The maximum Gasteiger partial charge on any atom is 0.264 e. The molecule has 1 aliphatic rings. The summed E-state index contributed by atoms with van der Waals surface area (Å²) in [6, 6.07) is 20.7. The van der Waals surface area contributed by atoms with Gasteiger partial charge < -0.3 is 10.2 Å². The van der Waals surface area contributed by atoms with Crippen LogP contribution in [0.5, 0.6) is 0 Å². The van der Waals surface area contributed by atoms with Crippen molar-refractivity contribution in [3.05, 3.63) is 95.1 Å². The van der Waals surface area contributed by atoms with Crippen LogP contribution in [0.15, 0.2) is 77.7 Å². The molecule has 8 heteroatoms. The summed E-state index contributed by atoms with van der Waals surface area (Å²) in [5.74, 6) is -0.674. The van der Waals surface area contributed by atoms with E-state index in [4.69, 9.17) is 0 Å². The van der Waals surface area contributed by atoms with Gasteiger partial charge in [-0.1, -0.05) is 66.9 Å². The Morgan fingerprint density at radius 3 is 2.23 bits per heavy atom. The van der Waals surface area contributed by atoms with Crippen molar-refractivity contribution in [2.24, 2.45) is 0 Å². The highest BCUT2D eigenvalue weighted by atomic mass is 32.2. The predicted molar refractivity (Wildman–Crippen MR) is 158 cm³/mol. The Balaban J connectivity index is 1.69. The van der Waals surface area contributed by atoms with Crippen molar-refractivity contribution in [1.29, 1.82) is 0 Å². The largest absolute Gasteiger partial charge is 0.352 e. The molecule has 3 aromatic carbocycles. The molecular weight excluding hydrogens is 522 g/mol. The smallest absolute Gasteiger partial charge is 0.264 e. The molecule has 1 N–H and O–H groups in total. The summed E-state index contributed by atoms with van der Waals surface area (Å²) in [7, 11) is -4.08. The summed E-state index contributed by atoms with van der Waals surface area (Å²) in [6.07, 6.45) is 4.02. The van der Waals surface area contributed by atoms with E-state index in [1.54, 1.807) is 49.4 Å². The van der Waals surface area contributed by atoms with E-state index in [-0.39, 0.29) is 23.4 Å². The van der Waals surface area contributed by atoms with Gasteiger partial charge in [-0.15, -0.1) is 0 Å². The Labute approximate surface area is 238 Å². The van der Waals surface area contributed by atoms with Crippen LogP contribution in [0.25, 0.3) is 0 Å². The lowest BCUT2D eigenvalue weighted by molar-refractivity contribution is -0.139. The quantitative estimate of drug-likeness (QED) is 0.365. The van der Waals surface area contributed by atoms with Gasteiger partial charge in [0, 0.05) is 12.6 Å². The molecule has 1 atom stereocenters. The summed E-state index contributed by atoms with van der Waals surface area (Å²) < 4.78 is 29.0. The molecule has 3 aromatic rings. The van der Waals surface area contributed by atoms with Crippen molar-refractivity contribution >= 4 is 27.5 Å². The van der Waals surface area contributed by atoms with Crippen molar-refractivity contribution in [1.82, 2.24) is 10.2 Å². The predicted octanol–water partition coefficient (Wildman–Crippen LogP) is 5.28. The van der Waals surface area contributed by atoms with Gasteiger partial charge in [-0.2, -0.15) is 0 Å². The van der Waals surface area contributed by atoms with Gasteiger partial charge >= 0.3 is 0 Å². The summed E-state index contributed by atoms with van der Waals surface area (Å²) >= 11 is 0. The fourth-order valence-corrected chi connectivity index (χ4v) is 6.50. The topological polar surface area (TPSA) is 86.8 Å². The van der Waals surface area contributed by atoms with E-state index in [9.17, 15) is 18.0 Å². The van der Waals surface area contributed by atoms with E-state index in [1.807, 2.05) is 51.1 Å². The third-order valence-corrected chi connectivity index (χ3v) is 9.44. The summed E-state index contributed by atoms with van der Waals surface area (Å²) in [5.41, 5.74) is 4.10. The second-order valence-electron chi connectivity index (χ2n) is 10.8. The number of rotatable bonds is 10. The number of benzene rings is 3. The fourth-order valence-electron chi connectivity index (χ4n) is 5.09. The Bertz CT molecular complexity index is 1450. The molecule has 2 amide bonds. The third kappa shape index (κ3) is 6.91. The van der Waals surface area contributed by atoms with E-state index in [1.165, 1.54) is 4.90 Å². The number of amides is 2. The average molecular weight is 562 g/mol. The standard InChI is InChI=1S/C32H39N3O4S/c1-23-16-18-30(19-17-23)40(38,39)35(29-15-9-10-24(2)20-29)22-31(36)34(21-27-12-6-5-11-25(27)3)26(4)32(37)33-28-13-7-8-14-28/h5-6,9-12,15-20,26,28H,7-8,13-14,21-22H2,1-4H3,(H,33,37). The van der Waals surface area contributed by atoms with Crippen LogP contribution in [-0.4, -0.2) is 43.8 Å². The zero-order valence-electron chi connectivity index (χ0n) is 23.8. The summed E-state index contributed by atoms with van der Waals surface area (Å²) in [6.45, 7) is 7.19. The first kappa shape index (κ1) is 29.3. The Hall–Kier alpha value is -3.65. The van der Waals surface area contributed by atoms with Crippen LogP contribution >= 0.6 is 0 Å². The van der Waals surface area contributed by atoms with Crippen LogP contribution in [0.3, 0.4) is 0 Å². The summed E-state index contributed by atoms with van der Waals surface area (Å²) in [4.78, 5) is 29.0. The van der Waals surface area contributed by atoms with Crippen LogP contribution in [-0.2, 0) is 26.2 Å². The van der Waals surface area contributed by atoms with Crippen LogP contribution in [0.4, 0.5) is 5.69 Å². The lowest BCUT2D eigenvalue weighted by Crippen LogP contribution is -2.52. The van der Waals surface area contributed by atoms with Crippen LogP contribution < -0.4 is 9.62 Å². The molecule has 0 radical (unpaired) electrons. The fraction of sp³-hybridized carbons (Fsp3) is 0.375. The van der Waals surface area contributed by atoms with Crippen molar-refractivity contribution < 1.29 is 18.0 Å². The molecular formula is C32H39N3O4S. The first-order valence-corrected chi connectivity index (χ1v) is 15.3. The number of nitrogens with zero attached hydrogens (tertiary/aromatic N) is 2. The highest BCUT2D eigenvalue weighted by molar-refractivity contribution is 7.92. The molecule has 0 aliphatic heterocycles. The van der Waals surface area contributed by atoms with Gasteiger partial charge in [-0.25, -0.2) is 8.42 Å². The number of carbonyl (C=O) groups is 2. The molecule has 0 heterocycles. The van der Waals surface area contributed by atoms with Crippen molar-refractivity contribution in [2.75, 3.05) is 10.8 Å². The van der Waals surface area contributed by atoms with E-state index in [0.717, 1.165) is 52.2 Å². The van der Waals surface area contributed by atoms with Crippen molar-refractivity contribution in [3.63, 3.8) is 0 Å². The van der Waals surface area contributed by atoms with Crippen LogP contribution in [0.1, 0.15) is 54.9 Å². The minimum atomic E-state index is -4.08. The van der Waals surface area contributed by atoms with Gasteiger partial charge in [0.05, 0.1) is 10.6 Å². The zero-order valence-corrected chi connectivity index (χ0v) is 24.6. The third-order valence-electron chi connectivity index (χ3n) is 7.65. The maximum atomic E-state index is 14.1. The van der Waals surface area contributed by atoms with Gasteiger partial charge in [-0.05, 0) is 81.5 Å².